The molecule has 1 atom stereocenters. The van der Waals surface area contributed by atoms with E-state index in [1.807, 2.05) is 0 Å². The highest BCUT2D eigenvalue weighted by Gasteiger charge is 1.94. The SMILES string of the molecule is C=CC(=O)O.C=CC(=O)O.CC(O)CO.OCC(O)CO.OCC(O)CO. The first-order valence-electron chi connectivity index (χ1n) is 7.22. The van der Waals surface area contributed by atoms with Crippen LogP contribution in [-0.4, -0.2) is 114 Å². The van der Waals surface area contributed by atoms with E-state index in [9.17, 15) is 9.59 Å². The largest absolute Gasteiger partial charge is 0.478 e. The highest BCUT2D eigenvalue weighted by Crippen LogP contribution is 1.72. The lowest BCUT2D eigenvalue weighted by molar-refractivity contribution is -0.132. The molecule has 0 aromatic rings. The predicted molar refractivity (Wildman–Crippen MR) is 94.8 cm³/mol. The second-order valence-corrected chi connectivity index (χ2v) is 4.15. The Balaban J connectivity index is -0.0000000749. The maximum Gasteiger partial charge on any atom is 0.327 e. The van der Waals surface area contributed by atoms with Crippen LogP contribution in [0.1, 0.15) is 6.92 Å². The Morgan fingerprint density at radius 2 is 0.852 bits per heavy atom. The minimum Gasteiger partial charge on any atom is -0.478 e. The van der Waals surface area contributed by atoms with Gasteiger partial charge in [0, 0.05) is 12.2 Å². The van der Waals surface area contributed by atoms with Crippen molar-refractivity contribution in [2.24, 2.45) is 0 Å². The molecule has 0 saturated heterocycles. The van der Waals surface area contributed by atoms with Gasteiger partial charge in [-0.15, -0.1) is 0 Å². The molecule has 0 aliphatic heterocycles. The molecule has 0 saturated carbocycles. The van der Waals surface area contributed by atoms with Gasteiger partial charge in [-0.3, -0.25) is 0 Å². The summed E-state index contributed by atoms with van der Waals surface area (Å²) in [6.45, 7) is 5.85. The Bertz CT molecular complexity index is 297. The molecule has 1 unspecified atom stereocenters. The molecule has 164 valence electrons. The molecule has 0 bridgehead atoms. The van der Waals surface area contributed by atoms with Crippen molar-refractivity contribution in [1.82, 2.24) is 0 Å². The standard InChI is InChI=1S/2C3H8O3.C3H8O2.2C3H4O2/c2*4-1-3(6)2-5;1-3(5)2-4;2*1-2-3(4)5/h2*3-6H,1-2H2;3-5H,2H2,1H3;2*2H,1H2,(H,4,5). The lowest BCUT2D eigenvalue weighted by atomic mass is 10.4. The lowest BCUT2D eigenvalue weighted by Crippen LogP contribution is -2.15. The number of hydrogen-bond acceptors (Lipinski definition) is 10. The first-order valence-corrected chi connectivity index (χ1v) is 7.22. The van der Waals surface area contributed by atoms with Gasteiger partial charge in [0.1, 0.15) is 12.2 Å². The molecule has 0 aromatic carbocycles. The molecule has 0 aliphatic rings. The van der Waals surface area contributed by atoms with Gasteiger partial charge in [0.15, 0.2) is 0 Å². The Hall–Kier alpha value is -1.90. The van der Waals surface area contributed by atoms with Crippen molar-refractivity contribution in [3.05, 3.63) is 25.3 Å². The van der Waals surface area contributed by atoms with Crippen molar-refractivity contribution in [1.29, 1.82) is 0 Å². The normalized spacial score (nSPS) is 9.59. The molecule has 27 heavy (non-hydrogen) atoms. The van der Waals surface area contributed by atoms with E-state index in [-0.39, 0.29) is 33.0 Å². The van der Waals surface area contributed by atoms with E-state index in [1.54, 1.807) is 0 Å². The average molecular weight is 404 g/mol. The fraction of sp³-hybridized carbons (Fsp3) is 0.600. The Morgan fingerprint density at radius 3 is 0.852 bits per heavy atom. The van der Waals surface area contributed by atoms with Crippen molar-refractivity contribution < 1.29 is 60.7 Å². The fourth-order valence-corrected chi connectivity index (χ4v) is 0.115. The molecular formula is C15H32O12. The van der Waals surface area contributed by atoms with Crippen LogP contribution in [0.15, 0.2) is 25.3 Å². The summed E-state index contributed by atoms with van der Waals surface area (Å²) in [4.78, 5) is 18.5. The van der Waals surface area contributed by atoms with Crippen LogP contribution in [0, 0.1) is 0 Å². The van der Waals surface area contributed by atoms with Gasteiger partial charge in [-0.2, -0.15) is 0 Å². The monoisotopic (exact) mass is 404 g/mol. The molecule has 0 spiro atoms. The second kappa shape index (κ2) is 31.8. The third-order valence-corrected chi connectivity index (χ3v) is 1.46. The van der Waals surface area contributed by atoms with Crippen LogP contribution in [0.3, 0.4) is 0 Å². The number of carbonyl (C=O) groups is 2. The van der Waals surface area contributed by atoms with E-state index >= 15 is 0 Å². The molecule has 12 heteroatoms. The number of carboxylic acids is 2. The highest BCUT2D eigenvalue weighted by atomic mass is 16.4. The summed E-state index contributed by atoms with van der Waals surface area (Å²) < 4.78 is 0. The molecule has 0 aliphatic carbocycles. The molecule has 0 fully saturated rings. The Labute approximate surface area is 157 Å². The van der Waals surface area contributed by atoms with E-state index in [0.717, 1.165) is 12.2 Å². The number of rotatable bonds is 7. The van der Waals surface area contributed by atoms with Crippen molar-refractivity contribution in [2.45, 2.75) is 25.2 Å². The molecule has 10 N–H and O–H groups in total. The second-order valence-electron chi connectivity index (χ2n) is 4.15. The zero-order valence-corrected chi connectivity index (χ0v) is 15.1. The fourth-order valence-electron chi connectivity index (χ4n) is 0.115. The summed E-state index contributed by atoms with van der Waals surface area (Å²) >= 11 is 0. The highest BCUT2D eigenvalue weighted by molar-refractivity contribution is 5.79. The summed E-state index contributed by atoms with van der Waals surface area (Å²) in [5.74, 6) is -1.96. The Kier molecular flexibility index (Phi) is 42.5. The molecule has 0 rings (SSSR count). The van der Waals surface area contributed by atoms with Crippen molar-refractivity contribution >= 4 is 11.9 Å². The first kappa shape index (κ1) is 36.1. The molecule has 0 amide bonds. The minimum absolute atomic E-state index is 0.139. The molecular weight excluding hydrogens is 372 g/mol. The van der Waals surface area contributed by atoms with Crippen LogP contribution in [0.2, 0.25) is 0 Å². The molecule has 0 radical (unpaired) electrons. The van der Waals surface area contributed by atoms with Crippen LogP contribution in [-0.2, 0) is 9.59 Å². The van der Waals surface area contributed by atoms with Crippen LogP contribution < -0.4 is 0 Å². The van der Waals surface area contributed by atoms with Gasteiger partial charge >= 0.3 is 11.9 Å². The van der Waals surface area contributed by atoms with Crippen LogP contribution >= 0.6 is 0 Å². The maximum atomic E-state index is 9.25. The Morgan fingerprint density at radius 1 is 0.704 bits per heavy atom. The van der Waals surface area contributed by atoms with Crippen LogP contribution in [0.5, 0.6) is 0 Å². The third kappa shape index (κ3) is 80.4. The van der Waals surface area contributed by atoms with E-state index in [2.05, 4.69) is 13.2 Å². The van der Waals surface area contributed by atoms with E-state index in [0.29, 0.717) is 0 Å². The van der Waals surface area contributed by atoms with Crippen LogP contribution in [0.25, 0.3) is 0 Å². The zero-order chi connectivity index (χ0) is 22.8. The van der Waals surface area contributed by atoms with Gasteiger partial charge in [-0.1, -0.05) is 13.2 Å². The van der Waals surface area contributed by atoms with Gasteiger partial charge in [-0.05, 0) is 6.92 Å². The van der Waals surface area contributed by atoms with Gasteiger partial charge in [0.25, 0.3) is 0 Å². The lowest BCUT2D eigenvalue weighted by Gasteiger charge is -1.96. The summed E-state index contributed by atoms with van der Waals surface area (Å²) in [6, 6.07) is 0. The van der Waals surface area contributed by atoms with Crippen LogP contribution in [0.4, 0.5) is 0 Å². The van der Waals surface area contributed by atoms with E-state index < -0.39 is 30.3 Å². The van der Waals surface area contributed by atoms with Crippen molar-refractivity contribution in [3.8, 4) is 0 Å². The zero-order valence-electron chi connectivity index (χ0n) is 15.1. The summed E-state index contributed by atoms with van der Waals surface area (Å²) in [5.41, 5.74) is 0. The predicted octanol–water partition coefficient (Wildman–Crippen LogP) is -3.46. The minimum atomic E-state index is -0.981. The smallest absolute Gasteiger partial charge is 0.327 e. The topological polar surface area (TPSA) is 236 Å². The maximum absolute atomic E-state index is 9.25. The molecule has 0 aromatic heterocycles. The van der Waals surface area contributed by atoms with E-state index in [1.165, 1.54) is 6.92 Å². The molecule has 0 heterocycles. The number of aliphatic hydroxyl groups is 8. The number of aliphatic hydroxyl groups excluding tert-OH is 8. The van der Waals surface area contributed by atoms with Crippen molar-refractivity contribution in [3.63, 3.8) is 0 Å². The third-order valence-electron chi connectivity index (χ3n) is 1.46. The summed E-state index contributed by atoms with van der Waals surface area (Å²) in [7, 11) is 0. The number of aliphatic carboxylic acids is 2. The van der Waals surface area contributed by atoms with E-state index in [4.69, 9.17) is 51.1 Å². The molecule has 12 nitrogen and oxygen atoms in total. The first-order chi connectivity index (χ1) is 12.4. The van der Waals surface area contributed by atoms with Gasteiger partial charge in [0.05, 0.1) is 39.1 Å². The van der Waals surface area contributed by atoms with Crippen molar-refractivity contribution in [2.75, 3.05) is 33.0 Å². The number of hydrogen-bond donors (Lipinski definition) is 10. The summed E-state index contributed by atoms with van der Waals surface area (Å²) in [5, 5.41) is 79.2. The van der Waals surface area contributed by atoms with Gasteiger partial charge in [-0.25, -0.2) is 9.59 Å². The summed E-state index contributed by atoms with van der Waals surface area (Å²) in [6.07, 6.45) is -0.801. The number of carboxylic acid groups (broad SMARTS) is 2. The average Bonchev–Trinajstić information content (AvgIpc) is 2.68. The van der Waals surface area contributed by atoms with Gasteiger partial charge in [0.2, 0.25) is 0 Å². The van der Waals surface area contributed by atoms with Gasteiger partial charge < -0.3 is 51.1 Å². The quantitative estimate of drug-likeness (QED) is 0.186.